The number of halogens is 2. The van der Waals surface area contributed by atoms with E-state index in [-0.39, 0.29) is 12.2 Å². The number of hydrogen-bond acceptors (Lipinski definition) is 5. The Labute approximate surface area is 221 Å². The number of urea groups is 1. The zero-order chi connectivity index (χ0) is 26.0. The average molecular weight is 570 g/mol. The van der Waals surface area contributed by atoms with Crippen molar-refractivity contribution in [3.05, 3.63) is 91.9 Å². The van der Waals surface area contributed by atoms with Gasteiger partial charge in [0.05, 0.1) is 12.8 Å². The van der Waals surface area contributed by atoms with Gasteiger partial charge in [-0.3, -0.25) is 14.9 Å². The summed E-state index contributed by atoms with van der Waals surface area (Å²) in [5.41, 5.74) is 3.38. The zero-order valence-corrected chi connectivity index (χ0v) is 22.1. The number of hydrogen-bond donors (Lipinski definition) is 1. The quantitative estimate of drug-likeness (QED) is 0.292. The van der Waals surface area contributed by atoms with Crippen molar-refractivity contribution in [3.63, 3.8) is 0 Å². The fraction of sp³-hybridized carbons (Fsp3) is 0.148. The van der Waals surface area contributed by atoms with Crippen molar-refractivity contribution in [2.45, 2.75) is 20.5 Å². The van der Waals surface area contributed by atoms with E-state index in [1.807, 2.05) is 32.0 Å². The molecule has 1 N–H and O–H groups in total. The Hall–Kier alpha value is -3.62. The van der Waals surface area contributed by atoms with E-state index in [4.69, 9.17) is 21.1 Å². The lowest BCUT2D eigenvalue weighted by molar-refractivity contribution is -0.122. The van der Waals surface area contributed by atoms with Crippen LogP contribution < -0.4 is 19.7 Å². The van der Waals surface area contributed by atoms with Gasteiger partial charge >= 0.3 is 6.03 Å². The van der Waals surface area contributed by atoms with E-state index in [1.54, 1.807) is 36.4 Å². The molecule has 3 aromatic rings. The van der Waals surface area contributed by atoms with Gasteiger partial charge in [0.2, 0.25) is 0 Å². The Morgan fingerprint density at radius 1 is 0.972 bits per heavy atom. The summed E-state index contributed by atoms with van der Waals surface area (Å²) in [7, 11) is 1.49. The molecule has 184 valence electrons. The lowest BCUT2D eigenvalue weighted by atomic mass is 10.0. The highest BCUT2D eigenvalue weighted by molar-refractivity contribution is 9.10. The van der Waals surface area contributed by atoms with E-state index in [9.17, 15) is 14.4 Å². The lowest BCUT2D eigenvalue weighted by Crippen LogP contribution is -2.54. The third kappa shape index (κ3) is 5.45. The van der Waals surface area contributed by atoms with Crippen LogP contribution in [0.25, 0.3) is 6.08 Å². The lowest BCUT2D eigenvalue weighted by Gasteiger charge is -2.27. The number of nitrogens with zero attached hydrogens (tertiary/aromatic N) is 1. The van der Waals surface area contributed by atoms with Gasteiger partial charge < -0.3 is 9.47 Å². The molecule has 0 spiro atoms. The molecule has 0 saturated carbocycles. The minimum absolute atomic E-state index is 0.189. The minimum atomic E-state index is -0.797. The fourth-order valence-electron chi connectivity index (χ4n) is 3.80. The molecule has 4 amide bonds. The van der Waals surface area contributed by atoms with Crippen molar-refractivity contribution < 1.29 is 23.9 Å². The van der Waals surface area contributed by atoms with Crippen LogP contribution >= 0.6 is 27.5 Å². The molecule has 3 aromatic carbocycles. The summed E-state index contributed by atoms with van der Waals surface area (Å²) in [5.74, 6) is -0.625. The Kier molecular flexibility index (Phi) is 7.47. The van der Waals surface area contributed by atoms with E-state index >= 15 is 0 Å². The first-order valence-corrected chi connectivity index (χ1v) is 12.1. The predicted octanol–water partition coefficient (Wildman–Crippen LogP) is 5.97. The van der Waals surface area contributed by atoms with Crippen molar-refractivity contribution in [1.82, 2.24) is 5.32 Å². The highest BCUT2D eigenvalue weighted by atomic mass is 79.9. The number of rotatable bonds is 6. The number of aryl methyl sites for hydroxylation is 2. The summed E-state index contributed by atoms with van der Waals surface area (Å²) < 4.78 is 12.0. The van der Waals surface area contributed by atoms with Gasteiger partial charge in [0, 0.05) is 9.50 Å². The summed E-state index contributed by atoms with van der Waals surface area (Å²) in [6, 6.07) is 15.2. The van der Waals surface area contributed by atoms with Crippen LogP contribution in [0.1, 0.15) is 22.3 Å². The fourth-order valence-corrected chi connectivity index (χ4v) is 4.37. The third-order valence-corrected chi connectivity index (χ3v) is 6.40. The number of nitrogens with one attached hydrogen (secondary N) is 1. The molecule has 1 saturated heterocycles. The first-order chi connectivity index (χ1) is 17.2. The summed E-state index contributed by atoms with van der Waals surface area (Å²) in [6.45, 7) is 4.02. The molecule has 1 aliphatic rings. The number of barbiturate groups is 1. The van der Waals surface area contributed by atoms with Crippen LogP contribution in [-0.2, 0) is 16.2 Å². The van der Waals surface area contributed by atoms with E-state index in [2.05, 4.69) is 21.2 Å². The van der Waals surface area contributed by atoms with E-state index < -0.39 is 17.8 Å². The van der Waals surface area contributed by atoms with E-state index in [1.165, 1.54) is 13.2 Å². The highest BCUT2D eigenvalue weighted by Crippen LogP contribution is 2.36. The summed E-state index contributed by atoms with van der Waals surface area (Å²) in [4.78, 5) is 39.4. The van der Waals surface area contributed by atoms with Crippen LogP contribution in [0.3, 0.4) is 0 Å². The second kappa shape index (κ2) is 10.6. The molecule has 0 aliphatic carbocycles. The van der Waals surface area contributed by atoms with Gasteiger partial charge in [-0.25, -0.2) is 9.69 Å². The van der Waals surface area contributed by atoms with Gasteiger partial charge in [0.25, 0.3) is 11.8 Å². The molecular weight excluding hydrogens is 548 g/mol. The molecule has 1 aliphatic heterocycles. The Morgan fingerprint density at radius 2 is 1.64 bits per heavy atom. The van der Waals surface area contributed by atoms with Crippen molar-refractivity contribution >= 4 is 57.1 Å². The molecule has 1 heterocycles. The molecule has 36 heavy (non-hydrogen) atoms. The summed E-state index contributed by atoms with van der Waals surface area (Å²) in [5, 5.41) is 2.88. The Bertz CT molecular complexity index is 1380. The number of ether oxygens (including phenoxy) is 2. The maximum atomic E-state index is 13.3. The molecule has 9 heteroatoms. The van der Waals surface area contributed by atoms with Gasteiger partial charge in [-0.1, -0.05) is 45.7 Å². The number of amides is 4. The van der Waals surface area contributed by atoms with Gasteiger partial charge in [-0.05, 0) is 78.6 Å². The van der Waals surface area contributed by atoms with Crippen LogP contribution in [0.4, 0.5) is 10.5 Å². The van der Waals surface area contributed by atoms with Gasteiger partial charge in [-0.15, -0.1) is 0 Å². The number of benzene rings is 3. The largest absolute Gasteiger partial charge is 0.493 e. The SMILES string of the molecule is COc1cc(/C=C2\C(=O)NC(=O)N(c3cc(C)cc(C)c3)C2=O)c(Br)cc1OCc1ccc(Cl)cc1. The van der Waals surface area contributed by atoms with Crippen molar-refractivity contribution in [3.8, 4) is 11.5 Å². The van der Waals surface area contributed by atoms with Crippen molar-refractivity contribution in [1.29, 1.82) is 0 Å². The first kappa shape index (κ1) is 25.5. The second-order valence-electron chi connectivity index (χ2n) is 8.24. The van der Waals surface area contributed by atoms with Crippen LogP contribution in [0.5, 0.6) is 11.5 Å². The molecule has 0 atom stereocenters. The first-order valence-electron chi connectivity index (χ1n) is 10.9. The number of carbonyl (C=O) groups excluding carboxylic acids is 3. The Morgan fingerprint density at radius 3 is 2.28 bits per heavy atom. The molecule has 0 aromatic heterocycles. The maximum Gasteiger partial charge on any atom is 0.335 e. The van der Waals surface area contributed by atoms with E-state index in [0.29, 0.717) is 32.2 Å². The molecule has 0 unspecified atom stereocenters. The third-order valence-electron chi connectivity index (χ3n) is 5.46. The zero-order valence-electron chi connectivity index (χ0n) is 19.7. The molecular formula is C27H22BrClN2O5. The standard InChI is InChI=1S/C27H22BrClN2O5/c1-15-8-16(2)10-20(9-15)31-26(33)21(25(32)30-27(31)34)11-18-12-23(35-3)24(13-22(18)28)36-14-17-4-6-19(29)7-5-17/h4-13H,14H2,1-3H3,(H,30,32,34)/b21-11+. The molecule has 0 bridgehead atoms. The van der Waals surface area contributed by atoms with Crippen LogP contribution in [0, 0.1) is 13.8 Å². The van der Waals surface area contributed by atoms with Crippen molar-refractivity contribution in [2.24, 2.45) is 0 Å². The molecule has 4 rings (SSSR count). The second-order valence-corrected chi connectivity index (χ2v) is 9.53. The van der Waals surface area contributed by atoms with Crippen LogP contribution in [-0.4, -0.2) is 25.0 Å². The maximum absolute atomic E-state index is 13.3. The normalized spacial score (nSPS) is 14.8. The van der Waals surface area contributed by atoms with Crippen LogP contribution in [0.2, 0.25) is 5.02 Å². The van der Waals surface area contributed by atoms with Gasteiger partial charge in [-0.2, -0.15) is 0 Å². The van der Waals surface area contributed by atoms with Crippen molar-refractivity contribution in [2.75, 3.05) is 12.0 Å². The molecule has 1 fully saturated rings. The number of carbonyl (C=O) groups is 3. The Balaban J connectivity index is 1.65. The molecule has 7 nitrogen and oxygen atoms in total. The minimum Gasteiger partial charge on any atom is -0.493 e. The topological polar surface area (TPSA) is 84.9 Å². The smallest absolute Gasteiger partial charge is 0.335 e. The molecule has 0 radical (unpaired) electrons. The highest BCUT2D eigenvalue weighted by Gasteiger charge is 2.37. The van der Waals surface area contributed by atoms with Gasteiger partial charge in [0.15, 0.2) is 11.5 Å². The van der Waals surface area contributed by atoms with Crippen LogP contribution in [0.15, 0.2) is 64.6 Å². The number of anilines is 1. The monoisotopic (exact) mass is 568 g/mol. The number of imide groups is 2. The predicted molar refractivity (Wildman–Crippen MR) is 141 cm³/mol. The summed E-state index contributed by atoms with van der Waals surface area (Å²) >= 11 is 9.42. The number of methoxy groups -OCH3 is 1. The summed E-state index contributed by atoms with van der Waals surface area (Å²) in [6.07, 6.45) is 1.41. The van der Waals surface area contributed by atoms with E-state index in [0.717, 1.165) is 21.6 Å². The van der Waals surface area contributed by atoms with Gasteiger partial charge in [0.1, 0.15) is 12.2 Å². The average Bonchev–Trinajstić information content (AvgIpc) is 2.81.